The molecule has 2 N–H and O–H groups in total. The number of pyridine rings is 1. The van der Waals surface area contributed by atoms with Crippen LogP contribution >= 0.6 is 23.2 Å². The molecule has 0 amide bonds. The van der Waals surface area contributed by atoms with E-state index in [-0.39, 0.29) is 0 Å². The molecule has 102 valence electrons. The average Bonchev–Trinajstić information content (AvgIpc) is 2.46. The molecule has 1 aromatic heterocycles. The zero-order chi connectivity index (χ0) is 14.4. The van der Waals surface area contributed by atoms with Crippen LogP contribution in [0.4, 0.5) is 0 Å². The topological polar surface area (TPSA) is 48.1 Å². The lowest BCUT2D eigenvalue weighted by Gasteiger charge is -2.08. The fourth-order valence-electron chi connectivity index (χ4n) is 1.53. The van der Waals surface area contributed by atoms with E-state index in [0.717, 1.165) is 11.1 Å². The van der Waals surface area contributed by atoms with Gasteiger partial charge in [-0.2, -0.15) is 0 Å². The van der Waals surface area contributed by atoms with Crippen molar-refractivity contribution in [2.45, 2.75) is 6.61 Å². The molecule has 0 fully saturated rings. The van der Waals surface area contributed by atoms with Crippen LogP contribution < -0.4 is 10.5 Å². The summed E-state index contributed by atoms with van der Waals surface area (Å²) in [4.78, 5) is 4.06. The predicted octanol–water partition coefficient (Wildman–Crippen LogP) is 3.28. The lowest BCUT2D eigenvalue weighted by atomic mass is 10.2. The van der Waals surface area contributed by atoms with Gasteiger partial charge in [0.1, 0.15) is 12.4 Å². The molecule has 3 nitrogen and oxygen atoms in total. The van der Waals surface area contributed by atoms with E-state index < -0.39 is 0 Å². The zero-order valence-corrected chi connectivity index (χ0v) is 12.1. The monoisotopic (exact) mass is 306 g/mol. The predicted molar refractivity (Wildman–Crippen MR) is 81.0 cm³/mol. The van der Waals surface area contributed by atoms with E-state index in [1.54, 1.807) is 36.7 Å². The van der Waals surface area contributed by atoms with Crippen molar-refractivity contribution in [2.75, 3.05) is 6.54 Å². The number of halogens is 2. The van der Waals surface area contributed by atoms with Gasteiger partial charge in [-0.05, 0) is 24.3 Å². The van der Waals surface area contributed by atoms with Crippen LogP contribution in [-0.4, -0.2) is 11.5 Å². The third-order valence-corrected chi connectivity index (χ3v) is 3.05. The highest BCUT2D eigenvalue weighted by Gasteiger charge is 2.03. The summed E-state index contributed by atoms with van der Waals surface area (Å²) in [6, 6.07) is 7.05. The molecule has 0 saturated carbocycles. The van der Waals surface area contributed by atoms with Crippen molar-refractivity contribution in [3.05, 3.63) is 57.8 Å². The molecule has 0 aliphatic rings. The quantitative estimate of drug-likeness (QED) is 0.885. The largest absolute Gasteiger partial charge is 0.487 e. The first-order valence-electron chi connectivity index (χ1n) is 5.90. The lowest BCUT2D eigenvalue weighted by molar-refractivity contribution is 0.305. The van der Waals surface area contributed by atoms with Gasteiger partial charge in [0, 0.05) is 27.4 Å². The number of nitrogens with zero attached hydrogens (tertiary/aromatic N) is 1. The minimum Gasteiger partial charge on any atom is -0.487 e. The maximum Gasteiger partial charge on any atom is 0.139 e. The second-order valence-corrected chi connectivity index (χ2v) is 4.78. The Morgan fingerprint density at radius 1 is 1.20 bits per heavy atom. The molecule has 0 spiro atoms. The van der Waals surface area contributed by atoms with Crippen LogP contribution in [0.1, 0.15) is 11.1 Å². The van der Waals surface area contributed by atoms with Crippen molar-refractivity contribution in [1.82, 2.24) is 4.98 Å². The van der Waals surface area contributed by atoms with Gasteiger partial charge in [-0.25, -0.2) is 0 Å². The zero-order valence-electron chi connectivity index (χ0n) is 10.6. The van der Waals surface area contributed by atoms with Gasteiger partial charge in [0.15, 0.2) is 0 Å². The minimum atomic E-state index is 0.309. The van der Waals surface area contributed by atoms with Crippen molar-refractivity contribution >= 4 is 23.2 Å². The standard InChI is InChI=1S/C15H12Cl2N2O/c16-13-3-4-15(17)12(7-13)10-20-14-6-11(2-1-5-18)8-19-9-14/h3-4,6-9H,5,10,18H2. The van der Waals surface area contributed by atoms with Crippen molar-refractivity contribution in [2.24, 2.45) is 5.73 Å². The average molecular weight is 307 g/mol. The molecule has 0 atom stereocenters. The number of ether oxygens (including phenoxy) is 1. The van der Waals surface area contributed by atoms with Crippen LogP contribution in [0.15, 0.2) is 36.7 Å². The summed E-state index contributed by atoms with van der Waals surface area (Å²) in [5.41, 5.74) is 6.90. The van der Waals surface area contributed by atoms with E-state index in [2.05, 4.69) is 16.8 Å². The molecule has 20 heavy (non-hydrogen) atoms. The first kappa shape index (κ1) is 14.7. The first-order valence-corrected chi connectivity index (χ1v) is 6.65. The third kappa shape index (κ3) is 4.14. The summed E-state index contributed by atoms with van der Waals surface area (Å²) in [6.45, 7) is 0.623. The van der Waals surface area contributed by atoms with Crippen molar-refractivity contribution in [3.8, 4) is 17.6 Å². The summed E-state index contributed by atoms with van der Waals surface area (Å²) in [5, 5.41) is 1.23. The van der Waals surface area contributed by atoms with E-state index in [0.29, 0.717) is 28.9 Å². The fourth-order valence-corrected chi connectivity index (χ4v) is 1.90. The van der Waals surface area contributed by atoms with Crippen molar-refractivity contribution < 1.29 is 4.74 Å². The van der Waals surface area contributed by atoms with E-state index in [4.69, 9.17) is 33.7 Å². The Hall–Kier alpha value is -1.73. The molecule has 0 saturated heterocycles. The number of aromatic nitrogens is 1. The number of nitrogens with two attached hydrogens (primary N) is 1. The van der Waals surface area contributed by atoms with Gasteiger partial charge >= 0.3 is 0 Å². The summed E-state index contributed by atoms with van der Waals surface area (Å²) in [6.07, 6.45) is 3.27. The third-order valence-electron chi connectivity index (χ3n) is 2.45. The normalized spacial score (nSPS) is 9.75. The van der Waals surface area contributed by atoms with E-state index in [1.807, 2.05) is 0 Å². The maximum atomic E-state index is 6.07. The maximum absolute atomic E-state index is 6.07. The second kappa shape index (κ2) is 7.16. The van der Waals surface area contributed by atoms with Crippen LogP contribution in [0, 0.1) is 11.8 Å². The molecule has 1 heterocycles. The Morgan fingerprint density at radius 2 is 2.05 bits per heavy atom. The number of hydrogen-bond donors (Lipinski definition) is 1. The summed E-state index contributed by atoms with van der Waals surface area (Å²) < 4.78 is 5.64. The molecule has 0 aliphatic carbocycles. The molecular formula is C15H12Cl2N2O. The van der Waals surface area contributed by atoms with E-state index in [1.165, 1.54) is 0 Å². The Labute approximate surface area is 127 Å². The van der Waals surface area contributed by atoms with Gasteiger partial charge in [-0.3, -0.25) is 4.98 Å². The second-order valence-electron chi connectivity index (χ2n) is 3.94. The SMILES string of the molecule is NCC#Cc1cncc(OCc2cc(Cl)ccc2Cl)c1. The Balaban J connectivity index is 2.09. The number of rotatable bonds is 3. The Morgan fingerprint density at radius 3 is 2.85 bits per heavy atom. The summed E-state index contributed by atoms with van der Waals surface area (Å²) in [5.74, 6) is 6.28. The van der Waals surface area contributed by atoms with Crippen LogP contribution in [0.3, 0.4) is 0 Å². The van der Waals surface area contributed by atoms with E-state index in [9.17, 15) is 0 Å². The number of hydrogen-bond acceptors (Lipinski definition) is 3. The minimum absolute atomic E-state index is 0.309. The smallest absolute Gasteiger partial charge is 0.139 e. The molecule has 5 heteroatoms. The van der Waals surface area contributed by atoms with Crippen LogP contribution in [-0.2, 0) is 6.61 Å². The van der Waals surface area contributed by atoms with Gasteiger partial charge in [0.2, 0.25) is 0 Å². The fraction of sp³-hybridized carbons (Fsp3) is 0.133. The Kier molecular flexibility index (Phi) is 5.25. The molecule has 0 bridgehead atoms. The summed E-state index contributed by atoms with van der Waals surface area (Å²) >= 11 is 12.0. The lowest BCUT2D eigenvalue weighted by Crippen LogP contribution is -1.97. The van der Waals surface area contributed by atoms with Gasteiger partial charge in [0.05, 0.1) is 12.7 Å². The highest BCUT2D eigenvalue weighted by molar-refractivity contribution is 6.33. The molecule has 0 aliphatic heterocycles. The Bertz CT molecular complexity index is 662. The molecule has 0 unspecified atom stereocenters. The van der Waals surface area contributed by atoms with E-state index >= 15 is 0 Å². The van der Waals surface area contributed by atoms with Crippen molar-refractivity contribution in [3.63, 3.8) is 0 Å². The molecule has 2 aromatic rings. The molecular weight excluding hydrogens is 295 g/mol. The molecule has 0 radical (unpaired) electrons. The molecule has 2 rings (SSSR count). The first-order chi connectivity index (χ1) is 9.69. The summed E-state index contributed by atoms with van der Waals surface area (Å²) in [7, 11) is 0. The highest BCUT2D eigenvalue weighted by atomic mass is 35.5. The number of benzene rings is 1. The van der Waals surface area contributed by atoms with Gasteiger partial charge in [-0.1, -0.05) is 35.0 Å². The van der Waals surface area contributed by atoms with Gasteiger partial charge in [-0.15, -0.1) is 0 Å². The van der Waals surface area contributed by atoms with Crippen molar-refractivity contribution in [1.29, 1.82) is 0 Å². The van der Waals surface area contributed by atoms with Gasteiger partial charge in [0.25, 0.3) is 0 Å². The van der Waals surface area contributed by atoms with Crippen LogP contribution in [0.5, 0.6) is 5.75 Å². The van der Waals surface area contributed by atoms with Gasteiger partial charge < -0.3 is 10.5 Å². The highest BCUT2D eigenvalue weighted by Crippen LogP contribution is 2.22. The van der Waals surface area contributed by atoms with Crippen LogP contribution in [0.2, 0.25) is 10.0 Å². The van der Waals surface area contributed by atoms with Crippen LogP contribution in [0.25, 0.3) is 0 Å². The molecule has 1 aromatic carbocycles.